The molecule has 1 aromatic carbocycles. The van der Waals surface area contributed by atoms with Crippen LogP contribution in [-0.2, 0) is 12.0 Å². The van der Waals surface area contributed by atoms with Crippen molar-refractivity contribution in [3.63, 3.8) is 0 Å². The topological polar surface area (TPSA) is 41.9 Å². The maximum atomic E-state index is 9.83. The van der Waals surface area contributed by atoms with Gasteiger partial charge >= 0.3 is 0 Å². The average Bonchev–Trinajstić information content (AvgIpc) is 2.72. The van der Waals surface area contributed by atoms with E-state index < -0.39 is 0 Å². The van der Waals surface area contributed by atoms with E-state index in [0.29, 0.717) is 0 Å². The Balaban J connectivity index is 1.98. The number of methoxy groups -OCH3 is 1. The molecule has 1 N–H and O–H groups in total. The van der Waals surface area contributed by atoms with E-state index in [-0.39, 0.29) is 17.3 Å². The number of hydrogen-bond donors (Lipinski definition) is 1. The van der Waals surface area contributed by atoms with Crippen molar-refractivity contribution in [3.8, 4) is 11.5 Å². The van der Waals surface area contributed by atoms with E-state index in [1.165, 1.54) is 11.1 Å². The van der Waals surface area contributed by atoms with Crippen LogP contribution < -0.4 is 9.47 Å². The summed E-state index contributed by atoms with van der Waals surface area (Å²) in [5.74, 6) is 1.89. The Labute approximate surface area is 124 Å². The molecule has 0 aromatic heterocycles. The molecule has 2 atom stereocenters. The second-order valence-corrected chi connectivity index (χ2v) is 6.12. The summed E-state index contributed by atoms with van der Waals surface area (Å²) in [5.41, 5.74) is 2.33. The third-order valence-corrected chi connectivity index (χ3v) is 4.87. The highest BCUT2D eigenvalue weighted by atomic mass is 16.5. The maximum absolute atomic E-state index is 9.83. The minimum absolute atomic E-state index is 0.154. The quantitative estimate of drug-likeness (QED) is 0.861. The molecule has 0 saturated heterocycles. The van der Waals surface area contributed by atoms with Crippen LogP contribution in [0.2, 0.25) is 0 Å². The highest BCUT2D eigenvalue weighted by Gasteiger charge is 2.51. The molecule has 2 aliphatic heterocycles. The number of hydrogen-bond acceptors (Lipinski definition) is 4. The average molecular weight is 285 g/mol. The van der Waals surface area contributed by atoms with Crippen molar-refractivity contribution in [1.82, 2.24) is 4.90 Å². The summed E-state index contributed by atoms with van der Waals surface area (Å²) in [6, 6.07) is 4.12. The van der Waals surface area contributed by atoms with Gasteiger partial charge in [-0.3, -0.25) is 0 Å². The smallest absolute Gasteiger partial charge is 0.166 e. The molecule has 1 aromatic rings. The normalized spacial score (nSPS) is 30.0. The Morgan fingerprint density at radius 2 is 2.29 bits per heavy atom. The minimum Gasteiger partial charge on any atom is -0.508 e. The second-order valence-electron chi connectivity index (χ2n) is 6.12. The van der Waals surface area contributed by atoms with Gasteiger partial charge in [-0.2, -0.15) is 0 Å². The molecule has 3 aliphatic rings. The molecule has 4 nitrogen and oxygen atoms in total. The predicted molar refractivity (Wildman–Crippen MR) is 79.9 cm³/mol. The summed E-state index contributed by atoms with van der Waals surface area (Å²) in [6.45, 7) is 1.91. The molecular formula is C17H19NO3. The predicted octanol–water partition coefficient (Wildman–Crippen LogP) is 2.54. The van der Waals surface area contributed by atoms with Gasteiger partial charge in [0.25, 0.3) is 0 Å². The lowest BCUT2D eigenvalue weighted by atomic mass is 9.71. The van der Waals surface area contributed by atoms with Crippen LogP contribution in [-0.4, -0.2) is 36.8 Å². The van der Waals surface area contributed by atoms with Crippen LogP contribution in [0.4, 0.5) is 0 Å². The van der Waals surface area contributed by atoms with Gasteiger partial charge in [-0.25, -0.2) is 0 Å². The van der Waals surface area contributed by atoms with Gasteiger partial charge in [0.2, 0.25) is 0 Å². The molecule has 0 bridgehead atoms. The molecule has 2 unspecified atom stereocenters. The molecular weight excluding hydrogens is 266 g/mol. The molecule has 21 heavy (non-hydrogen) atoms. The first-order valence-electron chi connectivity index (χ1n) is 7.29. The van der Waals surface area contributed by atoms with Crippen molar-refractivity contribution in [2.45, 2.75) is 24.5 Å². The van der Waals surface area contributed by atoms with Crippen LogP contribution in [0.3, 0.4) is 0 Å². The number of rotatable bonds is 1. The Morgan fingerprint density at radius 3 is 3.10 bits per heavy atom. The van der Waals surface area contributed by atoms with E-state index >= 15 is 0 Å². The van der Waals surface area contributed by atoms with Crippen molar-refractivity contribution >= 4 is 0 Å². The Hall–Kier alpha value is -1.94. The zero-order valence-electron chi connectivity index (χ0n) is 12.3. The van der Waals surface area contributed by atoms with E-state index in [1.54, 1.807) is 13.2 Å². The molecule has 0 amide bonds. The maximum Gasteiger partial charge on any atom is 0.166 e. The fraction of sp³-hybridized carbons (Fsp3) is 0.412. The van der Waals surface area contributed by atoms with Crippen LogP contribution in [0.5, 0.6) is 11.5 Å². The summed E-state index contributed by atoms with van der Waals surface area (Å²) in [5, 5.41) is 9.83. The summed E-state index contributed by atoms with van der Waals surface area (Å²) in [6.07, 6.45) is 6.54. The zero-order valence-corrected chi connectivity index (χ0v) is 12.3. The van der Waals surface area contributed by atoms with E-state index in [1.807, 2.05) is 12.1 Å². The fourth-order valence-corrected chi connectivity index (χ4v) is 3.80. The molecule has 4 heteroatoms. The number of aliphatic hydroxyl groups is 1. The summed E-state index contributed by atoms with van der Waals surface area (Å²) in [7, 11) is 3.81. The molecule has 1 aliphatic carbocycles. The Bertz CT molecular complexity index is 664. The van der Waals surface area contributed by atoms with Crippen LogP contribution in [0.1, 0.15) is 17.5 Å². The van der Waals surface area contributed by atoms with E-state index in [4.69, 9.17) is 9.47 Å². The lowest BCUT2D eigenvalue weighted by molar-refractivity contribution is 0.187. The minimum atomic E-state index is -0.184. The monoisotopic (exact) mass is 285 g/mol. The standard InChI is InChI=1S/C17H19NO3/c1-18-8-7-17-6-5-12(19)9-14(17)21-16-13(20-2)4-3-11(10-18)15(16)17/h3-6,9,14,19H,7-8,10H2,1-2H3. The van der Waals surface area contributed by atoms with Crippen molar-refractivity contribution in [2.24, 2.45) is 0 Å². The van der Waals surface area contributed by atoms with E-state index in [9.17, 15) is 5.11 Å². The van der Waals surface area contributed by atoms with Crippen LogP contribution in [0.25, 0.3) is 0 Å². The third-order valence-electron chi connectivity index (χ3n) is 4.87. The zero-order chi connectivity index (χ0) is 14.6. The summed E-state index contributed by atoms with van der Waals surface area (Å²) >= 11 is 0. The van der Waals surface area contributed by atoms with Crippen molar-refractivity contribution in [3.05, 3.63) is 47.2 Å². The van der Waals surface area contributed by atoms with Crippen molar-refractivity contribution in [2.75, 3.05) is 20.7 Å². The van der Waals surface area contributed by atoms with Crippen molar-refractivity contribution in [1.29, 1.82) is 0 Å². The van der Waals surface area contributed by atoms with Gasteiger partial charge in [-0.1, -0.05) is 12.1 Å². The Morgan fingerprint density at radius 1 is 1.43 bits per heavy atom. The van der Waals surface area contributed by atoms with Gasteiger partial charge < -0.3 is 19.5 Å². The van der Waals surface area contributed by atoms with Gasteiger partial charge in [0.15, 0.2) is 11.5 Å². The molecule has 0 fully saturated rings. The Kier molecular flexibility index (Phi) is 2.60. The van der Waals surface area contributed by atoms with Crippen LogP contribution in [0, 0.1) is 0 Å². The molecule has 4 rings (SSSR count). The summed E-state index contributed by atoms with van der Waals surface area (Å²) < 4.78 is 11.7. The molecule has 1 spiro atoms. The van der Waals surface area contributed by atoms with E-state index in [0.717, 1.165) is 31.0 Å². The number of benzene rings is 1. The molecule has 0 radical (unpaired) electrons. The van der Waals surface area contributed by atoms with Crippen LogP contribution in [0.15, 0.2) is 36.1 Å². The highest BCUT2D eigenvalue weighted by Crippen LogP contribution is 2.54. The number of nitrogens with zero attached hydrogens (tertiary/aromatic N) is 1. The van der Waals surface area contributed by atoms with Gasteiger partial charge in [0, 0.05) is 12.1 Å². The van der Waals surface area contributed by atoms with Gasteiger partial charge in [-0.15, -0.1) is 0 Å². The van der Waals surface area contributed by atoms with Crippen molar-refractivity contribution < 1.29 is 14.6 Å². The molecule has 110 valence electrons. The lowest BCUT2D eigenvalue weighted by Crippen LogP contribution is -2.38. The first-order chi connectivity index (χ1) is 10.1. The fourth-order valence-electron chi connectivity index (χ4n) is 3.80. The highest BCUT2D eigenvalue weighted by molar-refractivity contribution is 5.62. The summed E-state index contributed by atoms with van der Waals surface area (Å²) in [4.78, 5) is 2.33. The largest absolute Gasteiger partial charge is 0.508 e. The van der Waals surface area contributed by atoms with Gasteiger partial charge in [-0.05, 0) is 43.8 Å². The number of ether oxygens (including phenoxy) is 2. The first-order valence-corrected chi connectivity index (χ1v) is 7.29. The SMILES string of the molecule is COc1ccc2c3c1OC1C=C(O)C=CC31CCN(C)C2. The molecule has 0 saturated carbocycles. The second kappa shape index (κ2) is 4.28. The lowest BCUT2D eigenvalue weighted by Gasteiger charge is -2.32. The first kappa shape index (κ1) is 12.8. The van der Waals surface area contributed by atoms with Gasteiger partial charge in [0.05, 0.1) is 12.5 Å². The van der Waals surface area contributed by atoms with Crippen LogP contribution >= 0.6 is 0 Å². The third kappa shape index (κ3) is 1.65. The number of allylic oxidation sites excluding steroid dienone is 1. The molecule has 2 heterocycles. The van der Waals surface area contributed by atoms with E-state index in [2.05, 4.69) is 24.1 Å². The van der Waals surface area contributed by atoms with Gasteiger partial charge in [0.1, 0.15) is 11.9 Å². The number of aliphatic hydroxyl groups excluding tert-OH is 1.